The van der Waals surface area contributed by atoms with Gasteiger partial charge in [-0.25, -0.2) is 4.68 Å². The number of thioether (sulfide) groups is 1. The molecule has 0 atom stereocenters. The molecule has 1 aliphatic heterocycles. The third kappa shape index (κ3) is 3.54. The van der Waals surface area contributed by atoms with Gasteiger partial charge in [-0.1, -0.05) is 30.3 Å². The van der Waals surface area contributed by atoms with Gasteiger partial charge in [-0.2, -0.15) is 5.10 Å². The number of imide groups is 1. The van der Waals surface area contributed by atoms with E-state index in [1.807, 2.05) is 18.2 Å². The summed E-state index contributed by atoms with van der Waals surface area (Å²) >= 11 is 0.878. The monoisotopic (exact) mass is 393 g/mol. The van der Waals surface area contributed by atoms with Gasteiger partial charge in [-0.15, -0.1) is 0 Å². The number of aryl methyl sites for hydroxylation is 1. The Balaban J connectivity index is 1.52. The van der Waals surface area contributed by atoms with E-state index in [9.17, 15) is 14.4 Å². The Morgan fingerprint density at radius 1 is 1.07 bits per heavy atom. The average molecular weight is 393 g/mol. The van der Waals surface area contributed by atoms with Crippen molar-refractivity contribution in [1.82, 2.24) is 15.1 Å². The molecular formula is C20H15N3O4S. The number of benzene rings is 2. The summed E-state index contributed by atoms with van der Waals surface area (Å²) in [5.74, 6) is 0.240. The van der Waals surface area contributed by atoms with Crippen molar-refractivity contribution in [3.8, 4) is 5.75 Å². The maximum Gasteiger partial charge on any atom is 0.290 e. The first-order valence-electron chi connectivity index (χ1n) is 8.44. The fourth-order valence-corrected chi connectivity index (χ4v) is 3.55. The third-order valence-electron chi connectivity index (χ3n) is 4.23. The molecule has 0 bridgehead atoms. The lowest BCUT2D eigenvalue weighted by Crippen LogP contribution is -2.22. The quantitative estimate of drug-likeness (QED) is 0.686. The Labute approximate surface area is 164 Å². The highest BCUT2D eigenvalue weighted by molar-refractivity contribution is 8.18. The van der Waals surface area contributed by atoms with Gasteiger partial charge >= 0.3 is 0 Å². The van der Waals surface area contributed by atoms with Gasteiger partial charge in [-0.05, 0) is 41.6 Å². The van der Waals surface area contributed by atoms with E-state index in [1.54, 1.807) is 43.5 Å². The van der Waals surface area contributed by atoms with Crippen molar-refractivity contribution in [3.05, 3.63) is 75.0 Å². The molecule has 1 fully saturated rings. The Morgan fingerprint density at radius 2 is 1.79 bits per heavy atom. The molecule has 140 valence electrons. The molecule has 28 heavy (non-hydrogen) atoms. The van der Waals surface area contributed by atoms with Gasteiger partial charge < -0.3 is 4.74 Å². The van der Waals surface area contributed by atoms with Crippen molar-refractivity contribution in [2.24, 2.45) is 7.05 Å². The Kier molecular flexibility index (Phi) is 4.70. The summed E-state index contributed by atoms with van der Waals surface area (Å²) in [6.07, 6.45) is 1.65. The maximum atomic E-state index is 12.2. The molecule has 0 radical (unpaired) electrons. The first-order valence-corrected chi connectivity index (χ1v) is 9.25. The molecule has 0 spiro atoms. The van der Waals surface area contributed by atoms with E-state index in [0.717, 1.165) is 22.7 Å². The smallest absolute Gasteiger partial charge is 0.290 e. The molecule has 4 rings (SSSR count). The number of carbonyl (C=O) groups excluding carboxylic acids is 2. The summed E-state index contributed by atoms with van der Waals surface area (Å²) in [5.41, 5.74) is 1.30. The van der Waals surface area contributed by atoms with E-state index in [2.05, 4.69) is 10.4 Å². The number of rotatable bonds is 4. The van der Waals surface area contributed by atoms with Crippen LogP contribution in [0.3, 0.4) is 0 Å². The first kappa shape index (κ1) is 18.0. The zero-order valence-corrected chi connectivity index (χ0v) is 15.7. The molecular weight excluding hydrogens is 378 g/mol. The predicted molar refractivity (Wildman–Crippen MR) is 107 cm³/mol. The molecule has 1 saturated heterocycles. The normalized spacial score (nSPS) is 15.2. The molecule has 7 nitrogen and oxygen atoms in total. The number of nitrogens with zero attached hydrogens (tertiary/aromatic N) is 2. The lowest BCUT2D eigenvalue weighted by atomic mass is 10.1. The van der Waals surface area contributed by atoms with E-state index in [4.69, 9.17) is 4.74 Å². The Morgan fingerprint density at radius 3 is 2.46 bits per heavy atom. The predicted octanol–water partition coefficient (Wildman–Crippen LogP) is 2.84. The van der Waals surface area contributed by atoms with E-state index in [-0.39, 0.29) is 23.3 Å². The second kappa shape index (κ2) is 7.32. The average Bonchev–Trinajstić information content (AvgIpc) is 3.01. The fraction of sp³-hybridized carbons (Fsp3) is 0.100. The highest BCUT2D eigenvalue weighted by Crippen LogP contribution is 2.26. The van der Waals surface area contributed by atoms with Crippen LogP contribution in [0.2, 0.25) is 0 Å². The van der Waals surface area contributed by atoms with Gasteiger partial charge in [0.1, 0.15) is 18.1 Å². The highest BCUT2D eigenvalue weighted by atomic mass is 32.2. The second-order valence-electron chi connectivity index (χ2n) is 6.13. The fourth-order valence-electron chi connectivity index (χ4n) is 2.87. The summed E-state index contributed by atoms with van der Waals surface area (Å²) < 4.78 is 7.13. The zero-order chi connectivity index (χ0) is 19.7. The molecule has 8 heteroatoms. The highest BCUT2D eigenvalue weighted by Gasteiger charge is 2.24. The minimum atomic E-state index is -0.386. The summed E-state index contributed by atoms with van der Waals surface area (Å²) in [6.45, 7) is 0.210. The summed E-state index contributed by atoms with van der Waals surface area (Å²) in [4.78, 5) is 35.3. The van der Waals surface area contributed by atoms with Gasteiger partial charge in [0, 0.05) is 12.4 Å². The molecule has 0 aliphatic carbocycles. The van der Waals surface area contributed by atoms with Gasteiger partial charge in [-0.3, -0.25) is 19.7 Å². The van der Waals surface area contributed by atoms with E-state index < -0.39 is 0 Å². The summed E-state index contributed by atoms with van der Waals surface area (Å²) in [7, 11) is 1.61. The minimum absolute atomic E-state index is 0.149. The van der Waals surface area contributed by atoms with Crippen LogP contribution in [0.25, 0.3) is 16.8 Å². The molecule has 3 aromatic rings. The molecule has 1 aliphatic rings. The van der Waals surface area contributed by atoms with E-state index >= 15 is 0 Å². The first-order chi connectivity index (χ1) is 13.5. The molecule has 1 N–H and O–H groups in total. The van der Waals surface area contributed by atoms with Crippen LogP contribution >= 0.6 is 11.8 Å². The number of ether oxygens (including phenoxy) is 1. The van der Waals surface area contributed by atoms with Gasteiger partial charge in [0.05, 0.1) is 10.3 Å². The lowest BCUT2D eigenvalue weighted by molar-refractivity contribution is -0.115. The van der Waals surface area contributed by atoms with Crippen LogP contribution in [0.4, 0.5) is 4.79 Å². The van der Waals surface area contributed by atoms with Crippen molar-refractivity contribution in [2.75, 3.05) is 0 Å². The molecule has 2 amide bonds. The number of amides is 2. The molecule has 0 saturated carbocycles. The van der Waals surface area contributed by atoms with Crippen LogP contribution in [0, 0.1) is 0 Å². The molecule has 2 aromatic carbocycles. The number of fused-ring (bicyclic) bond motifs is 1. The minimum Gasteiger partial charge on any atom is -0.487 e. The van der Waals surface area contributed by atoms with Gasteiger partial charge in [0.15, 0.2) is 0 Å². The summed E-state index contributed by atoms with van der Waals surface area (Å²) in [5, 5.41) is 7.53. The Hall–Kier alpha value is -3.39. The van der Waals surface area contributed by atoms with Crippen LogP contribution in [0.5, 0.6) is 5.75 Å². The number of carbonyl (C=O) groups is 2. The Bertz CT molecular complexity index is 1180. The molecule has 1 aromatic heterocycles. The zero-order valence-electron chi connectivity index (χ0n) is 14.8. The van der Waals surface area contributed by atoms with Crippen molar-refractivity contribution in [3.63, 3.8) is 0 Å². The van der Waals surface area contributed by atoms with Crippen LogP contribution in [0.1, 0.15) is 11.3 Å². The van der Waals surface area contributed by atoms with Gasteiger partial charge in [0.2, 0.25) is 0 Å². The van der Waals surface area contributed by atoms with E-state index in [1.165, 1.54) is 4.68 Å². The van der Waals surface area contributed by atoms with Crippen molar-refractivity contribution in [2.45, 2.75) is 6.61 Å². The number of hydrogen-bond donors (Lipinski definition) is 1. The number of hydrogen-bond acceptors (Lipinski definition) is 6. The van der Waals surface area contributed by atoms with E-state index in [0.29, 0.717) is 21.7 Å². The topological polar surface area (TPSA) is 90.3 Å². The van der Waals surface area contributed by atoms with Crippen LogP contribution in [0.15, 0.2) is 58.2 Å². The largest absolute Gasteiger partial charge is 0.487 e. The van der Waals surface area contributed by atoms with Crippen molar-refractivity contribution >= 4 is 39.8 Å². The standard InChI is InChI=1S/C20H15N3O4S/c1-23-19(25)15-5-3-2-4-14(15)16(22-23)11-27-13-8-6-12(7-9-13)10-17-18(24)21-20(26)28-17/h2-10H,11H2,1H3,(H,21,24,26)/b17-10+. The number of aromatic nitrogens is 2. The van der Waals surface area contributed by atoms with Gasteiger partial charge in [0.25, 0.3) is 16.7 Å². The maximum absolute atomic E-state index is 12.2. The summed E-state index contributed by atoms with van der Waals surface area (Å²) in [6, 6.07) is 14.4. The van der Waals surface area contributed by atoms with Crippen LogP contribution in [-0.4, -0.2) is 20.9 Å². The second-order valence-corrected chi connectivity index (χ2v) is 7.15. The van der Waals surface area contributed by atoms with Crippen LogP contribution in [-0.2, 0) is 18.4 Å². The van der Waals surface area contributed by atoms with Crippen molar-refractivity contribution < 1.29 is 14.3 Å². The SMILES string of the molecule is Cn1nc(COc2ccc(/C=C3/SC(=O)NC3=O)cc2)c2ccccc2c1=O. The molecule has 0 unspecified atom stereocenters. The lowest BCUT2D eigenvalue weighted by Gasteiger charge is -2.10. The number of nitrogens with one attached hydrogen (secondary N) is 1. The van der Waals surface area contributed by atoms with Crippen molar-refractivity contribution in [1.29, 1.82) is 0 Å². The third-order valence-corrected chi connectivity index (χ3v) is 5.04. The van der Waals surface area contributed by atoms with Crippen LogP contribution < -0.4 is 15.6 Å². The molecule has 2 heterocycles.